The lowest BCUT2D eigenvalue weighted by molar-refractivity contribution is 0.0474. The van der Waals surface area contributed by atoms with Gasteiger partial charge in [0, 0.05) is 37.2 Å². The molecule has 0 saturated carbocycles. The van der Waals surface area contributed by atoms with E-state index in [1.807, 2.05) is 19.9 Å². The molecule has 1 heterocycles. The van der Waals surface area contributed by atoms with E-state index in [-0.39, 0.29) is 19.0 Å². The van der Waals surface area contributed by atoms with Crippen molar-refractivity contribution < 1.29 is 24.2 Å². The third-order valence-electron chi connectivity index (χ3n) is 4.31. The molecule has 0 amide bonds. The van der Waals surface area contributed by atoms with Gasteiger partial charge < -0.3 is 19.1 Å². The molecule has 1 aromatic carbocycles. The van der Waals surface area contributed by atoms with Gasteiger partial charge in [-0.15, -0.1) is 0 Å². The van der Waals surface area contributed by atoms with Crippen LogP contribution < -0.4 is 0 Å². The van der Waals surface area contributed by atoms with E-state index in [0.717, 1.165) is 24.4 Å². The van der Waals surface area contributed by atoms with Crippen LogP contribution in [-0.2, 0) is 22.6 Å². The van der Waals surface area contributed by atoms with Crippen molar-refractivity contribution in [3.63, 3.8) is 0 Å². The minimum Gasteiger partial charge on any atom is -0.454 e. The standard InChI is InChI=1S/C20H25NO5/c1-14-11-18(15(2)21(14)9-4-10-25-3)19(23)13-26-20(24)17-7-5-16(12-22)6-8-17/h5-8,11,22H,4,9-10,12-13H2,1-3H3. The number of hydrogen-bond donors (Lipinski definition) is 1. The molecule has 140 valence electrons. The van der Waals surface area contributed by atoms with E-state index in [1.165, 1.54) is 0 Å². The summed E-state index contributed by atoms with van der Waals surface area (Å²) in [6.07, 6.45) is 0.860. The van der Waals surface area contributed by atoms with Crippen LogP contribution in [0.2, 0.25) is 0 Å². The van der Waals surface area contributed by atoms with Crippen LogP contribution >= 0.6 is 0 Å². The van der Waals surface area contributed by atoms with Gasteiger partial charge in [0.1, 0.15) is 0 Å². The van der Waals surface area contributed by atoms with Crippen LogP contribution in [0.3, 0.4) is 0 Å². The molecule has 0 aliphatic rings. The van der Waals surface area contributed by atoms with Gasteiger partial charge in [-0.25, -0.2) is 4.79 Å². The molecule has 0 aliphatic heterocycles. The van der Waals surface area contributed by atoms with Gasteiger partial charge in [-0.3, -0.25) is 4.79 Å². The fourth-order valence-electron chi connectivity index (χ4n) is 2.83. The zero-order valence-corrected chi connectivity index (χ0v) is 15.4. The lowest BCUT2D eigenvalue weighted by atomic mass is 10.1. The van der Waals surface area contributed by atoms with Crippen LogP contribution in [0.1, 0.15) is 44.1 Å². The Morgan fingerprint density at radius 2 is 1.85 bits per heavy atom. The fraction of sp³-hybridized carbons (Fsp3) is 0.400. The minimum atomic E-state index is -0.559. The van der Waals surface area contributed by atoms with Crippen molar-refractivity contribution in [1.29, 1.82) is 0 Å². The molecule has 0 aliphatic carbocycles. The molecule has 26 heavy (non-hydrogen) atoms. The van der Waals surface area contributed by atoms with E-state index in [2.05, 4.69) is 4.57 Å². The van der Waals surface area contributed by atoms with Crippen molar-refractivity contribution in [2.45, 2.75) is 33.4 Å². The summed E-state index contributed by atoms with van der Waals surface area (Å²) in [5.41, 5.74) is 3.49. The van der Waals surface area contributed by atoms with E-state index in [4.69, 9.17) is 14.6 Å². The third-order valence-corrected chi connectivity index (χ3v) is 4.31. The molecule has 1 N–H and O–H groups in total. The van der Waals surface area contributed by atoms with Crippen molar-refractivity contribution in [3.05, 3.63) is 58.4 Å². The van der Waals surface area contributed by atoms with Gasteiger partial charge in [-0.1, -0.05) is 12.1 Å². The number of hydrogen-bond acceptors (Lipinski definition) is 5. The van der Waals surface area contributed by atoms with Crippen LogP contribution in [0.15, 0.2) is 30.3 Å². The summed E-state index contributed by atoms with van der Waals surface area (Å²) in [4.78, 5) is 24.5. The Morgan fingerprint density at radius 3 is 2.46 bits per heavy atom. The summed E-state index contributed by atoms with van der Waals surface area (Å²) in [5, 5.41) is 9.02. The minimum absolute atomic E-state index is 0.0895. The number of aliphatic hydroxyl groups is 1. The number of aryl methyl sites for hydroxylation is 1. The van der Waals surface area contributed by atoms with Gasteiger partial charge >= 0.3 is 5.97 Å². The van der Waals surface area contributed by atoms with Crippen molar-refractivity contribution in [2.24, 2.45) is 0 Å². The zero-order valence-electron chi connectivity index (χ0n) is 15.4. The number of ether oxygens (including phenoxy) is 2. The maximum atomic E-state index is 12.4. The monoisotopic (exact) mass is 359 g/mol. The van der Waals surface area contributed by atoms with Gasteiger partial charge in [-0.05, 0) is 44.0 Å². The number of carbonyl (C=O) groups is 2. The summed E-state index contributed by atoms with van der Waals surface area (Å²) >= 11 is 0. The Balaban J connectivity index is 1.98. The average molecular weight is 359 g/mol. The van der Waals surface area contributed by atoms with E-state index in [9.17, 15) is 9.59 Å². The molecular formula is C20H25NO5. The summed E-state index contributed by atoms with van der Waals surface area (Å²) < 4.78 is 12.3. The first-order valence-corrected chi connectivity index (χ1v) is 8.53. The molecule has 0 bridgehead atoms. The van der Waals surface area contributed by atoms with Crippen molar-refractivity contribution in [1.82, 2.24) is 4.57 Å². The third kappa shape index (κ3) is 4.80. The number of rotatable bonds is 9. The number of methoxy groups -OCH3 is 1. The van der Waals surface area contributed by atoms with Crippen LogP contribution in [0.25, 0.3) is 0 Å². The molecular weight excluding hydrogens is 334 g/mol. The number of carbonyl (C=O) groups excluding carboxylic acids is 2. The summed E-state index contributed by atoms with van der Waals surface area (Å²) in [6.45, 7) is 4.88. The number of nitrogens with zero attached hydrogens (tertiary/aromatic N) is 1. The van der Waals surface area contributed by atoms with Gasteiger partial charge in [0.2, 0.25) is 5.78 Å². The maximum absolute atomic E-state index is 12.4. The first kappa shape index (κ1) is 19.9. The predicted molar refractivity (Wildman–Crippen MR) is 97.4 cm³/mol. The van der Waals surface area contributed by atoms with Crippen LogP contribution in [0.5, 0.6) is 0 Å². The van der Waals surface area contributed by atoms with E-state index < -0.39 is 5.97 Å². The van der Waals surface area contributed by atoms with Crippen LogP contribution in [0, 0.1) is 13.8 Å². The maximum Gasteiger partial charge on any atom is 0.338 e. The molecule has 1 aromatic heterocycles. The normalized spacial score (nSPS) is 10.8. The quantitative estimate of drug-likeness (QED) is 0.423. The second-order valence-electron chi connectivity index (χ2n) is 6.14. The molecule has 0 spiro atoms. The van der Waals surface area contributed by atoms with Crippen LogP contribution in [-0.4, -0.2) is 41.7 Å². The largest absolute Gasteiger partial charge is 0.454 e. The van der Waals surface area contributed by atoms with Gasteiger partial charge in [0.25, 0.3) is 0 Å². The highest BCUT2D eigenvalue weighted by molar-refractivity contribution is 6.00. The van der Waals surface area contributed by atoms with Crippen LogP contribution in [0.4, 0.5) is 0 Å². The Kier molecular flexibility index (Phi) is 7.12. The van der Waals surface area contributed by atoms with Crippen molar-refractivity contribution in [3.8, 4) is 0 Å². The topological polar surface area (TPSA) is 77.8 Å². The number of aromatic nitrogens is 1. The summed E-state index contributed by atoms with van der Waals surface area (Å²) in [6, 6.07) is 8.26. The number of Topliss-reactive ketones (excluding diaryl/α,β-unsaturated/α-hetero) is 1. The molecule has 2 rings (SSSR count). The number of aliphatic hydroxyl groups excluding tert-OH is 1. The predicted octanol–water partition coefficient (Wildman–Crippen LogP) is 2.67. The number of ketones is 1. The lowest BCUT2D eigenvalue weighted by Crippen LogP contribution is -2.15. The smallest absolute Gasteiger partial charge is 0.338 e. The molecule has 0 atom stereocenters. The first-order valence-electron chi connectivity index (χ1n) is 8.53. The molecule has 2 aromatic rings. The molecule has 6 nitrogen and oxygen atoms in total. The second-order valence-corrected chi connectivity index (χ2v) is 6.14. The highest BCUT2D eigenvalue weighted by Gasteiger charge is 2.17. The highest BCUT2D eigenvalue weighted by Crippen LogP contribution is 2.17. The Hall–Kier alpha value is -2.44. The molecule has 6 heteroatoms. The van der Waals surface area contributed by atoms with Gasteiger partial charge in [0.15, 0.2) is 6.61 Å². The second kappa shape index (κ2) is 9.31. The molecule has 0 fully saturated rings. The van der Waals surface area contributed by atoms with Crippen molar-refractivity contribution in [2.75, 3.05) is 20.3 Å². The van der Waals surface area contributed by atoms with E-state index in [1.54, 1.807) is 31.4 Å². The summed E-state index contributed by atoms with van der Waals surface area (Å²) in [7, 11) is 1.66. The Morgan fingerprint density at radius 1 is 1.15 bits per heavy atom. The molecule has 0 saturated heterocycles. The Labute approximate surface area is 153 Å². The SMILES string of the molecule is COCCCn1c(C)cc(C(=O)COC(=O)c2ccc(CO)cc2)c1C. The molecule has 0 radical (unpaired) electrons. The summed E-state index contributed by atoms with van der Waals surface area (Å²) in [5.74, 6) is -0.784. The highest BCUT2D eigenvalue weighted by atomic mass is 16.5. The van der Waals surface area contributed by atoms with Gasteiger partial charge in [0.05, 0.1) is 12.2 Å². The number of benzene rings is 1. The Bertz CT molecular complexity index is 761. The van der Waals surface area contributed by atoms with E-state index in [0.29, 0.717) is 23.3 Å². The van der Waals surface area contributed by atoms with Crippen molar-refractivity contribution >= 4 is 11.8 Å². The first-order chi connectivity index (χ1) is 12.5. The molecule has 0 unspecified atom stereocenters. The lowest BCUT2D eigenvalue weighted by Gasteiger charge is -2.09. The van der Waals surface area contributed by atoms with E-state index >= 15 is 0 Å². The van der Waals surface area contributed by atoms with Gasteiger partial charge in [-0.2, -0.15) is 0 Å². The zero-order chi connectivity index (χ0) is 19.1. The number of esters is 1. The fourth-order valence-corrected chi connectivity index (χ4v) is 2.83. The average Bonchev–Trinajstić information content (AvgIpc) is 2.94.